The van der Waals surface area contributed by atoms with Crippen LogP contribution in [0.1, 0.15) is 45.4 Å². The lowest BCUT2D eigenvalue weighted by Crippen LogP contribution is -2.51. The molecule has 2 fully saturated rings. The highest BCUT2D eigenvalue weighted by Crippen LogP contribution is 2.37. The van der Waals surface area contributed by atoms with E-state index in [1.54, 1.807) is 0 Å². The summed E-state index contributed by atoms with van der Waals surface area (Å²) in [5.74, 6) is 0.674. The largest absolute Gasteiger partial charge is 0.394 e. The summed E-state index contributed by atoms with van der Waals surface area (Å²) >= 11 is 0. The van der Waals surface area contributed by atoms with Gasteiger partial charge < -0.3 is 15.3 Å². The number of nitrogens with zero attached hydrogens (tertiary/aromatic N) is 1. The molecular weight excluding hydrogens is 212 g/mol. The van der Waals surface area contributed by atoms with E-state index < -0.39 is 0 Å². The van der Waals surface area contributed by atoms with E-state index in [2.05, 4.69) is 17.1 Å². The molecule has 1 heterocycles. The van der Waals surface area contributed by atoms with Crippen LogP contribution in [-0.4, -0.2) is 48.3 Å². The second-order valence-corrected chi connectivity index (χ2v) is 5.77. The summed E-state index contributed by atoms with van der Waals surface area (Å²) in [6.45, 7) is 7.25. The van der Waals surface area contributed by atoms with Gasteiger partial charge >= 0.3 is 0 Å². The van der Waals surface area contributed by atoms with Crippen molar-refractivity contribution in [3.05, 3.63) is 0 Å². The van der Waals surface area contributed by atoms with E-state index in [9.17, 15) is 5.11 Å². The molecule has 3 heteroatoms. The first-order chi connectivity index (χ1) is 8.30. The van der Waals surface area contributed by atoms with E-state index in [0.717, 1.165) is 13.0 Å². The zero-order valence-corrected chi connectivity index (χ0v) is 11.2. The fourth-order valence-corrected chi connectivity index (χ4v) is 3.76. The second-order valence-electron chi connectivity index (χ2n) is 5.77. The van der Waals surface area contributed by atoms with Gasteiger partial charge in [-0.15, -0.1) is 0 Å². The molecule has 3 nitrogen and oxygen atoms in total. The molecule has 2 aliphatic rings. The first-order valence-corrected chi connectivity index (χ1v) is 7.39. The van der Waals surface area contributed by atoms with Crippen molar-refractivity contribution in [2.24, 2.45) is 5.92 Å². The number of aliphatic hydroxyl groups is 1. The smallest absolute Gasteiger partial charge is 0.0616 e. The van der Waals surface area contributed by atoms with E-state index in [1.807, 2.05) is 0 Å². The quantitative estimate of drug-likeness (QED) is 0.740. The minimum atomic E-state index is 0.0362. The fourth-order valence-electron chi connectivity index (χ4n) is 3.76. The van der Waals surface area contributed by atoms with Crippen molar-refractivity contribution in [3.8, 4) is 0 Å². The monoisotopic (exact) mass is 240 g/mol. The summed E-state index contributed by atoms with van der Waals surface area (Å²) in [6, 6.07) is 0. The van der Waals surface area contributed by atoms with E-state index in [0.29, 0.717) is 12.5 Å². The lowest BCUT2D eigenvalue weighted by Gasteiger charge is -2.35. The lowest BCUT2D eigenvalue weighted by molar-refractivity contribution is 0.115. The van der Waals surface area contributed by atoms with Gasteiger partial charge in [-0.3, -0.25) is 0 Å². The SMILES string of the molecule is CCNC1(CO)CCCC1CCN1CCCC1. The zero-order valence-electron chi connectivity index (χ0n) is 11.2. The summed E-state index contributed by atoms with van der Waals surface area (Å²) in [4.78, 5) is 2.59. The van der Waals surface area contributed by atoms with Gasteiger partial charge in [-0.2, -0.15) is 0 Å². The molecule has 0 amide bonds. The second kappa shape index (κ2) is 6.17. The number of nitrogens with one attached hydrogen (secondary N) is 1. The Bertz CT molecular complexity index is 228. The molecule has 0 spiro atoms. The van der Waals surface area contributed by atoms with E-state index in [4.69, 9.17) is 0 Å². The van der Waals surface area contributed by atoms with Crippen LogP contribution in [0.15, 0.2) is 0 Å². The van der Waals surface area contributed by atoms with Gasteiger partial charge in [-0.05, 0) is 64.2 Å². The van der Waals surface area contributed by atoms with Crippen molar-refractivity contribution in [2.75, 3.05) is 32.8 Å². The number of likely N-dealkylation sites (N-methyl/N-ethyl adjacent to an activating group) is 1. The molecule has 2 rings (SSSR count). The number of rotatable bonds is 6. The maximum absolute atomic E-state index is 9.73. The van der Waals surface area contributed by atoms with Crippen molar-refractivity contribution >= 4 is 0 Å². The van der Waals surface area contributed by atoms with Crippen molar-refractivity contribution in [3.63, 3.8) is 0 Å². The lowest BCUT2D eigenvalue weighted by atomic mass is 9.85. The molecule has 1 aliphatic heterocycles. The molecule has 1 saturated carbocycles. The third-order valence-electron chi connectivity index (χ3n) is 4.76. The Morgan fingerprint density at radius 1 is 1.29 bits per heavy atom. The molecule has 2 N–H and O–H groups in total. The fraction of sp³-hybridized carbons (Fsp3) is 1.00. The number of aliphatic hydroxyl groups excluding tert-OH is 1. The third-order valence-corrected chi connectivity index (χ3v) is 4.76. The Balaban J connectivity index is 1.84. The highest BCUT2D eigenvalue weighted by Gasteiger charge is 2.41. The normalized spacial score (nSPS) is 34.6. The summed E-state index contributed by atoms with van der Waals surface area (Å²) in [6.07, 6.45) is 7.74. The summed E-state index contributed by atoms with van der Waals surface area (Å²) in [5.41, 5.74) is 0.0362. The highest BCUT2D eigenvalue weighted by atomic mass is 16.3. The maximum Gasteiger partial charge on any atom is 0.0616 e. The minimum absolute atomic E-state index is 0.0362. The van der Waals surface area contributed by atoms with Gasteiger partial charge in [0.05, 0.1) is 6.61 Å². The van der Waals surface area contributed by atoms with Gasteiger partial charge in [-0.1, -0.05) is 13.3 Å². The Kier molecular flexibility index (Phi) is 4.83. The minimum Gasteiger partial charge on any atom is -0.394 e. The molecule has 0 radical (unpaired) electrons. The van der Waals surface area contributed by atoms with Crippen molar-refractivity contribution < 1.29 is 5.11 Å². The van der Waals surface area contributed by atoms with E-state index in [1.165, 1.54) is 51.7 Å². The van der Waals surface area contributed by atoms with Crippen LogP contribution in [-0.2, 0) is 0 Å². The molecule has 2 unspecified atom stereocenters. The van der Waals surface area contributed by atoms with E-state index in [-0.39, 0.29) is 5.54 Å². The molecule has 1 saturated heterocycles. The molecule has 0 bridgehead atoms. The van der Waals surface area contributed by atoms with Gasteiger partial charge in [0.1, 0.15) is 0 Å². The number of hydrogen-bond acceptors (Lipinski definition) is 3. The van der Waals surface area contributed by atoms with Crippen LogP contribution in [0.5, 0.6) is 0 Å². The maximum atomic E-state index is 9.73. The molecule has 2 atom stereocenters. The summed E-state index contributed by atoms with van der Waals surface area (Å²) < 4.78 is 0. The molecular formula is C14H28N2O. The van der Waals surface area contributed by atoms with E-state index >= 15 is 0 Å². The van der Waals surface area contributed by atoms with Crippen LogP contribution in [0, 0.1) is 5.92 Å². The standard InChI is InChI=1S/C14H28N2O/c1-2-15-14(12-17)8-5-6-13(14)7-11-16-9-3-4-10-16/h13,15,17H,2-12H2,1H3. The first kappa shape index (κ1) is 13.3. The number of hydrogen-bond donors (Lipinski definition) is 2. The van der Waals surface area contributed by atoms with Crippen LogP contribution in [0.2, 0.25) is 0 Å². The van der Waals surface area contributed by atoms with Gasteiger partial charge in [0.2, 0.25) is 0 Å². The van der Waals surface area contributed by atoms with Crippen molar-refractivity contribution in [2.45, 2.75) is 51.0 Å². The van der Waals surface area contributed by atoms with Gasteiger partial charge in [0, 0.05) is 5.54 Å². The molecule has 17 heavy (non-hydrogen) atoms. The molecule has 1 aliphatic carbocycles. The molecule has 0 aromatic heterocycles. The van der Waals surface area contributed by atoms with Crippen LogP contribution in [0.25, 0.3) is 0 Å². The third kappa shape index (κ3) is 3.01. The molecule has 0 aromatic carbocycles. The topological polar surface area (TPSA) is 35.5 Å². The van der Waals surface area contributed by atoms with Gasteiger partial charge in [0.15, 0.2) is 0 Å². The van der Waals surface area contributed by atoms with Crippen LogP contribution in [0.4, 0.5) is 0 Å². The Morgan fingerprint density at radius 3 is 2.71 bits per heavy atom. The predicted molar refractivity (Wildman–Crippen MR) is 71.1 cm³/mol. The average molecular weight is 240 g/mol. The number of likely N-dealkylation sites (tertiary alicyclic amines) is 1. The van der Waals surface area contributed by atoms with Gasteiger partial charge in [-0.25, -0.2) is 0 Å². The Hall–Kier alpha value is -0.120. The van der Waals surface area contributed by atoms with Crippen LogP contribution >= 0.6 is 0 Å². The summed E-state index contributed by atoms with van der Waals surface area (Å²) in [7, 11) is 0. The van der Waals surface area contributed by atoms with Gasteiger partial charge in [0.25, 0.3) is 0 Å². The zero-order chi connectivity index (χ0) is 12.1. The van der Waals surface area contributed by atoms with Crippen LogP contribution < -0.4 is 5.32 Å². The molecule has 0 aromatic rings. The Labute approximate surface area is 106 Å². The molecule has 100 valence electrons. The van der Waals surface area contributed by atoms with Crippen molar-refractivity contribution in [1.82, 2.24) is 10.2 Å². The summed E-state index contributed by atoms with van der Waals surface area (Å²) in [5, 5.41) is 13.3. The van der Waals surface area contributed by atoms with Crippen LogP contribution in [0.3, 0.4) is 0 Å². The average Bonchev–Trinajstić information content (AvgIpc) is 2.96. The highest BCUT2D eigenvalue weighted by molar-refractivity contribution is 4.99. The Morgan fingerprint density at radius 2 is 2.06 bits per heavy atom. The predicted octanol–water partition coefficient (Wildman–Crippen LogP) is 1.61. The van der Waals surface area contributed by atoms with Crippen molar-refractivity contribution in [1.29, 1.82) is 0 Å². The first-order valence-electron chi connectivity index (χ1n) is 7.39.